The van der Waals surface area contributed by atoms with E-state index < -0.39 is 11.7 Å². The van der Waals surface area contributed by atoms with E-state index in [1.165, 1.54) is 12.1 Å². The van der Waals surface area contributed by atoms with Crippen molar-refractivity contribution in [1.29, 1.82) is 5.26 Å². The molecule has 0 spiro atoms. The Morgan fingerprint density at radius 1 is 1.21 bits per heavy atom. The van der Waals surface area contributed by atoms with Gasteiger partial charge >= 0.3 is 5.92 Å². The molecule has 2 aromatic carbocycles. The van der Waals surface area contributed by atoms with Gasteiger partial charge in [-0.1, -0.05) is 24.3 Å². The number of rotatable bonds is 4. The van der Waals surface area contributed by atoms with Crippen LogP contribution < -0.4 is 0 Å². The molecule has 4 rings (SSSR count). The van der Waals surface area contributed by atoms with Crippen molar-refractivity contribution in [2.75, 3.05) is 0 Å². The lowest BCUT2D eigenvalue weighted by Gasteiger charge is -2.13. The van der Waals surface area contributed by atoms with E-state index in [1.807, 2.05) is 26.0 Å². The van der Waals surface area contributed by atoms with Gasteiger partial charge in [-0.25, -0.2) is 0 Å². The maximum atomic E-state index is 14.7. The largest absolute Gasteiger partial charge is 0.335 e. The number of nitrogens with zero attached hydrogens (tertiary/aromatic N) is 6. The number of hydrogen-bond donors (Lipinski definition) is 1. The Hall–Kier alpha value is -3.67. The monoisotopic (exact) mass is 379 g/mol. The summed E-state index contributed by atoms with van der Waals surface area (Å²) in [6.45, 7) is 4.03. The van der Waals surface area contributed by atoms with Gasteiger partial charge in [0.15, 0.2) is 0 Å². The zero-order chi connectivity index (χ0) is 19.9. The van der Waals surface area contributed by atoms with E-state index in [4.69, 9.17) is 0 Å². The fourth-order valence-electron chi connectivity index (χ4n) is 3.25. The lowest BCUT2D eigenvalue weighted by atomic mass is 10.0. The first-order valence-electron chi connectivity index (χ1n) is 8.50. The minimum Gasteiger partial charge on any atom is -0.260 e. The van der Waals surface area contributed by atoms with Gasteiger partial charge in [0, 0.05) is 10.9 Å². The Labute approximate surface area is 158 Å². The van der Waals surface area contributed by atoms with Crippen LogP contribution in [0.1, 0.15) is 33.8 Å². The van der Waals surface area contributed by atoms with Crippen LogP contribution in [0.2, 0.25) is 0 Å². The van der Waals surface area contributed by atoms with Crippen LogP contribution in [-0.2, 0) is 12.5 Å². The number of tetrazole rings is 1. The highest BCUT2D eigenvalue weighted by Gasteiger charge is 2.39. The standard InChI is InChI=1S/C19H15F2N7/c1-11-4-3-5-13(9-22)16(11)10-28-17-8-14(6-7-15(17)12(2)25-28)19(20,21)18-23-26-27-24-18/h3-8H,10H2,1-2H3,(H,23,24,26,27). The molecule has 1 N–H and O–H groups in total. The average molecular weight is 379 g/mol. The van der Waals surface area contributed by atoms with Crippen molar-refractivity contribution in [3.8, 4) is 6.07 Å². The topological polar surface area (TPSA) is 96.1 Å². The highest BCUT2D eigenvalue weighted by atomic mass is 19.3. The third-order valence-corrected chi connectivity index (χ3v) is 4.76. The molecule has 0 bridgehead atoms. The molecule has 0 aliphatic rings. The van der Waals surface area contributed by atoms with Crippen LogP contribution in [-0.4, -0.2) is 30.4 Å². The second-order valence-electron chi connectivity index (χ2n) is 6.50. The van der Waals surface area contributed by atoms with Gasteiger partial charge < -0.3 is 0 Å². The van der Waals surface area contributed by atoms with Crippen LogP contribution in [0.4, 0.5) is 8.78 Å². The molecule has 0 fully saturated rings. The van der Waals surface area contributed by atoms with Crippen LogP contribution in [0.15, 0.2) is 36.4 Å². The summed E-state index contributed by atoms with van der Waals surface area (Å²) in [5.41, 5.74) is 3.29. The van der Waals surface area contributed by atoms with Gasteiger partial charge in [0.1, 0.15) is 0 Å². The van der Waals surface area contributed by atoms with Crippen LogP contribution in [0.25, 0.3) is 10.9 Å². The van der Waals surface area contributed by atoms with Gasteiger partial charge in [-0.05, 0) is 42.3 Å². The third kappa shape index (κ3) is 2.79. The maximum Gasteiger partial charge on any atom is 0.335 e. The van der Waals surface area contributed by atoms with Gasteiger partial charge in [-0.3, -0.25) is 4.68 Å². The Morgan fingerprint density at radius 2 is 2.04 bits per heavy atom. The van der Waals surface area contributed by atoms with E-state index in [0.29, 0.717) is 17.6 Å². The van der Waals surface area contributed by atoms with E-state index >= 15 is 0 Å². The van der Waals surface area contributed by atoms with Crippen LogP contribution in [0.3, 0.4) is 0 Å². The summed E-state index contributed by atoms with van der Waals surface area (Å²) < 4.78 is 31.1. The number of hydrogen-bond acceptors (Lipinski definition) is 5. The summed E-state index contributed by atoms with van der Waals surface area (Å²) in [5.74, 6) is -4.09. The first kappa shape index (κ1) is 17.7. The molecule has 2 aromatic heterocycles. The Bertz CT molecular complexity index is 1200. The number of nitriles is 1. The van der Waals surface area contributed by atoms with Crippen LogP contribution in [0.5, 0.6) is 0 Å². The second kappa shape index (κ2) is 6.49. The van der Waals surface area contributed by atoms with Gasteiger partial charge in [-0.15, -0.1) is 10.2 Å². The number of fused-ring (bicyclic) bond motifs is 1. The van der Waals surface area contributed by atoms with E-state index in [0.717, 1.165) is 22.2 Å². The lowest BCUT2D eigenvalue weighted by Crippen LogP contribution is -2.17. The summed E-state index contributed by atoms with van der Waals surface area (Å²) >= 11 is 0. The number of halogens is 2. The zero-order valence-corrected chi connectivity index (χ0v) is 15.1. The molecule has 0 saturated carbocycles. The van der Waals surface area contributed by atoms with Crippen molar-refractivity contribution in [1.82, 2.24) is 30.4 Å². The highest BCUT2D eigenvalue weighted by molar-refractivity contribution is 5.83. The summed E-state index contributed by atoms with van der Waals surface area (Å²) in [6.07, 6.45) is 0. The minimum absolute atomic E-state index is 0.257. The predicted molar refractivity (Wildman–Crippen MR) is 96.6 cm³/mol. The van der Waals surface area contributed by atoms with Gasteiger partial charge in [0.25, 0.3) is 0 Å². The van der Waals surface area contributed by atoms with E-state index in [2.05, 4.69) is 31.8 Å². The van der Waals surface area contributed by atoms with Gasteiger partial charge in [0.05, 0.1) is 29.4 Å². The van der Waals surface area contributed by atoms with Crippen molar-refractivity contribution < 1.29 is 8.78 Å². The quantitative estimate of drug-likeness (QED) is 0.587. The van der Waals surface area contributed by atoms with E-state index in [-0.39, 0.29) is 5.56 Å². The molecular formula is C19H15F2N7. The predicted octanol–water partition coefficient (Wildman–Crippen LogP) is 3.23. The van der Waals surface area contributed by atoms with Crippen LogP contribution >= 0.6 is 0 Å². The van der Waals surface area contributed by atoms with E-state index in [1.54, 1.807) is 16.8 Å². The number of aryl methyl sites for hydroxylation is 2. The van der Waals surface area contributed by atoms with E-state index in [9.17, 15) is 14.0 Å². The summed E-state index contributed by atoms with van der Waals surface area (Å²) in [6, 6.07) is 12.0. The van der Waals surface area contributed by atoms with Gasteiger partial charge in [-0.2, -0.15) is 24.4 Å². The van der Waals surface area contributed by atoms with Crippen molar-refractivity contribution in [3.05, 3.63) is 70.2 Å². The lowest BCUT2D eigenvalue weighted by molar-refractivity contribution is 0.0330. The Kier molecular flexibility index (Phi) is 4.11. The summed E-state index contributed by atoms with van der Waals surface area (Å²) in [7, 11) is 0. The number of nitrogens with one attached hydrogen (secondary N) is 1. The molecule has 0 radical (unpaired) electrons. The number of aromatic nitrogens is 6. The molecule has 140 valence electrons. The fourth-order valence-corrected chi connectivity index (χ4v) is 3.25. The Morgan fingerprint density at radius 3 is 2.75 bits per heavy atom. The molecule has 7 nitrogen and oxygen atoms in total. The minimum atomic E-state index is -3.40. The number of aromatic amines is 1. The molecule has 0 atom stereocenters. The number of H-pyrrole nitrogens is 1. The maximum absolute atomic E-state index is 14.7. The summed E-state index contributed by atoms with van der Waals surface area (Å²) in [4.78, 5) is 0. The smallest absolute Gasteiger partial charge is 0.260 e. The van der Waals surface area contributed by atoms with Crippen molar-refractivity contribution >= 4 is 10.9 Å². The molecule has 0 aliphatic carbocycles. The first-order valence-corrected chi connectivity index (χ1v) is 8.50. The summed E-state index contributed by atoms with van der Waals surface area (Å²) in [5, 5.41) is 26.8. The number of benzene rings is 2. The average Bonchev–Trinajstić information content (AvgIpc) is 3.33. The van der Waals surface area contributed by atoms with Gasteiger partial charge in [0.2, 0.25) is 5.82 Å². The first-order chi connectivity index (χ1) is 13.4. The molecule has 0 unspecified atom stereocenters. The second-order valence-corrected chi connectivity index (χ2v) is 6.50. The molecule has 28 heavy (non-hydrogen) atoms. The zero-order valence-electron chi connectivity index (χ0n) is 15.1. The third-order valence-electron chi connectivity index (χ3n) is 4.76. The fraction of sp³-hybridized carbons (Fsp3) is 0.211. The molecule has 0 saturated heterocycles. The van der Waals surface area contributed by atoms with Crippen molar-refractivity contribution in [2.45, 2.75) is 26.3 Å². The molecule has 9 heteroatoms. The van der Waals surface area contributed by atoms with Crippen LogP contribution in [0, 0.1) is 25.2 Å². The normalized spacial score (nSPS) is 11.7. The Balaban J connectivity index is 1.84. The van der Waals surface area contributed by atoms with Crippen molar-refractivity contribution in [3.63, 3.8) is 0 Å². The molecule has 2 heterocycles. The number of alkyl halides is 2. The molecule has 4 aromatic rings. The molecule has 0 aliphatic heterocycles. The molecular weight excluding hydrogens is 364 g/mol. The van der Waals surface area contributed by atoms with Crippen molar-refractivity contribution in [2.24, 2.45) is 0 Å². The molecule has 0 amide bonds. The highest BCUT2D eigenvalue weighted by Crippen LogP contribution is 2.35. The SMILES string of the molecule is Cc1cccc(C#N)c1Cn1nc(C)c2ccc(C(F)(F)c3nn[nH]n3)cc21.